The first-order chi connectivity index (χ1) is 10.1. The van der Waals surface area contributed by atoms with Gasteiger partial charge in [-0.05, 0) is 25.1 Å². The molecule has 0 radical (unpaired) electrons. The van der Waals surface area contributed by atoms with Crippen LogP contribution < -0.4 is 10.1 Å². The fraction of sp³-hybridized carbons (Fsp3) is 0.286. The van der Waals surface area contributed by atoms with Crippen molar-refractivity contribution in [2.24, 2.45) is 0 Å². The van der Waals surface area contributed by atoms with Crippen molar-refractivity contribution < 1.29 is 19.1 Å². The van der Waals surface area contributed by atoms with Gasteiger partial charge in [-0.3, -0.25) is 10.2 Å². The molecule has 1 aromatic carbocycles. The molecule has 0 saturated heterocycles. The minimum absolute atomic E-state index is 0.210. The predicted molar refractivity (Wildman–Crippen MR) is 77.3 cm³/mol. The molecule has 0 aromatic heterocycles. The molecule has 1 aliphatic heterocycles. The molecule has 7 heteroatoms. The van der Waals surface area contributed by atoms with Crippen molar-refractivity contribution >= 4 is 23.8 Å². The number of nitrogens with one attached hydrogen (secondary N) is 1. The summed E-state index contributed by atoms with van der Waals surface area (Å²) in [6.45, 7) is 5.73. The number of carbonyl (C=O) groups excluding carboxylic acids is 2. The number of rotatable bonds is 4. The molecule has 1 aliphatic rings. The van der Waals surface area contributed by atoms with E-state index in [1.165, 1.54) is 11.0 Å². The highest BCUT2D eigenvalue weighted by molar-refractivity contribution is 6.30. The number of ether oxygens (including phenoxy) is 2. The molecule has 1 heterocycles. The van der Waals surface area contributed by atoms with Crippen molar-refractivity contribution in [3.05, 3.63) is 41.4 Å². The number of alkyl carbamates (subject to hydrolysis) is 1. The quantitative estimate of drug-likeness (QED) is 0.868. The number of hydrogen-bond acceptors (Lipinski definition) is 4. The van der Waals surface area contributed by atoms with Crippen LogP contribution in [0.25, 0.3) is 0 Å². The first kappa shape index (κ1) is 15.2. The SMILES string of the molecule is C=CCN1C(=O)Oc2ccc(Cl)cc2[C@H]1NC(=O)OCC. The monoisotopic (exact) mass is 310 g/mol. The Bertz CT molecular complexity index is 576. The number of carbonyl (C=O) groups is 2. The molecule has 21 heavy (non-hydrogen) atoms. The summed E-state index contributed by atoms with van der Waals surface area (Å²) in [5, 5.41) is 3.10. The molecule has 0 spiro atoms. The number of hydrogen-bond donors (Lipinski definition) is 1. The normalized spacial score (nSPS) is 16.8. The van der Waals surface area contributed by atoms with Gasteiger partial charge in [0.1, 0.15) is 11.9 Å². The van der Waals surface area contributed by atoms with Gasteiger partial charge in [-0.15, -0.1) is 6.58 Å². The van der Waals surface area contributed by atoms with Crippen LogP contribution >= 0.6 is 11.6 Å². The highest BCUT2D eigenvalue weighted by Gasteiger charge is 2.35. The van der Waals surface area contributed by atoms with Gasteiger partial charge in [0, 0.05) is 17.1 Å². The van der Waals surface area contributed by atoms with Crippen LogP contribution in [-0.4, -0.2) is 30.2 Å². The van der Waals surface area contributed by atoms with E-state index < -0.39 is 18.4 Å². The zero-order chi connectivity index (χ0) is 15.4. The van der Waals surface area contributed by atoms with Crippen LogP contribution in [-0.2, 0) is 4.74 Å². The van der Waals surface area contributed by atoms with E-state index in [-0.39, 0.29) is 13.2 Å². The van der Waals surface area contributed by atoms with Gasteiger partial charge >= 0.3 is 12.2 Å². The molecular formula is C14H15ClN2O4. The third-order valence-electron chi connectivity index (χ3n) is 2.87. The Kier molecular flexibility index (Phi) is 4.70. The highest BCUT2D eigenvalue weighted by atomic mass is 35.5. The number of nitrogens with zero attached hydrogens (tertiary/aromatic N) is 1. The fourth-order valence-electron chi connectivity index (χ4n) is 2.01. The van der Waals surface area contributed by atoms with Gasteiger partial charge in [0.15, 0.2) is 0 Å². The molecule has 1 atom stereocenters. The summed E-state index contributed by atoms with van der Waals surface area (Å²) in [5.41, 5.74) is 0.581. The topological polar surface area (TPSA) is 67.9 Å². The van der Waals surface area contributed by atoms with Crippen LogP contribution in [0.4, 0.5) is 9.59 Å². The summed E-state index contributed by atoms with van der Waals surface area (Å²) in [6.07, 6.45) is -0.392. The standard InChI is InChI=1S/C14H15ClN2O4/c1-3-7-17-12(16-13(18)20-4-2)10-8-9(15)5-6-11(10)21-14(17)19/h3,5-6,8,12H,1,4,7H2,2H3,(H,16,18)/t12-/m0/s1. The summed E-state index contributed by atoms with van der Waals surface area (Å²) in [5.74, 6) is 0.353. The maximum absolute atomic E-state index is 12.0. The first-order valence-electron chi connectivity index (χ1n) is 6.39. The van der Waals surface area contributed by atoms with Gasteiger partial charge in [-0.1, -0.05) is 17.7 Å². The zero-order valence-corrected chi connectivity index (χ0v) is 12.2. The van der Waals surface area contributed by atoms with E-state index in [9.17, 15) is 9.59 Å². The molecule has 1 aromatic rings. The van der Waals surface area contributed by atoms with Crippen LogP contribution in [0.2, 0.25) is 5.02 Å². The summed E-state index contributed by atoms with van der Waals surface area (Å²) < 4.78 is 10.1. The Hall–Kier alpha value is -2.21. The summed E-state index contributed by atoms with van der Waals surface area (Å²) >= 11 is 5.98. The third kappa shape index (κ3) is 3.28. The van der Waals surface area contributed by atoms with Crippen molar-refractivity contribution in [1.82, 2.24) is 10.2 Å². The van der Waals surface area contributed by atoms with Gasteiger partial charge in [0.25, 0.3) is 0 Å². The molecule has 0 fully saturated rings. The van der Waals surface area contributed by atoms with E-state index >= 15 is 0 Å². The molecule has 0 aliphatic carbocycles. The van der Waals surface area contributed by atoms with Gasteiger partial charge in [-0.25, -0.2) is 9.59 Å². The average molecular weight is 311 g/mol. The summed E-state index contributed by atoms with van der Waals surface area (Å²) in [4.78, 5) is 25.0. The second kappa shape index (κ2) is 6.49. The van der Waals surface area contributed by atoms with E-state index in [1.807, 2.05) is 0 Å². The van der Waals surface area contributed by atoms with Gasteiger partial charge in [0.05, 0.1) is 6.61 Å². The number of amides is 2. The average Bonchev–Trinajstić information content (AvgIpc) is 2.44. The maximum Gasteiger partial charge on any atom is 0.417 e. The molecule has 1 N–H and O–H groups in total. The lowest BCUT2D eigenvalue weighted by Crippen LogP contribution is -2.48. The Morgan fingerprint density at radius 1 is 1.62 bits per heavy atom. The van der Waals surface area contributed by atoms with Crippen LogP contribution in [0, 0.1) is 0 Å². The smallest absolute Gasteiger partial charge is 0.417 e. The lowest BCUT2D eigenvalue weighted by Gasteiger charge is -2.35. The van der Waals surface area contributed by atoms with Crippen molar-refractivity contribution in [3.8, 4) is 5.75 Å². The largest absolute Gasteiger partial charge is 0.450 e. The minimum Gasteiger partial charge on any atom is -0.450 e. The van der Waals surface area contributed by atoms with Crippen molar-refractivity contribution in [2.45, 2.75) is 13.1 Å². The van der Waals surface area contributed by atoms with Gasteiger partial charge in [0.2, 0.25) is 0 Å². The van der Waals surface area contributed by atoms with Crippen LogP contribution in [0.3, 0.4) is 0 Å². The number of benzene rings is 1. The van der Waals surface area contributed by atoms with Crippen molar-refractivity contribution in [2.75, 3.05) is 13.2 Å². The van der Waals surface area contributed by atoms with Crippen LogP contribution in [0.1, 0.15) is 18.7 Å². The van der Waals surface area contributed by atoms with Crippen molar-refractivity contribution in [3.63, 3.8) is 0 Å². The molecule has 0 unspecified atom stereocenters. The molecule has 112 valence electrons. The molecular weight excluding hydrogens is 296 g/mol. The number of fused-ring (bicyclic) bond motifs is 1. The molecule has 2 rings (SSSR count). The van der Waals surface area contributed by atoms with E-state index in [0.717, 1.165) is 0 Å². The first-order valence-corrected chi connectivity index (χ1v) is 6.76. The second-order valence-corrected chi connectivity index (χ2v) is 4.69. The van der Waals surface area contributed by atoms with Gasteiger partial charge in [-0.2, -0.15) is 0 Å². The Morgan fingerprint density at radius 2 is 2.38 bits per heavy atom. The Morgan fingerprint density at radius 3 is 3.05 bits per heavy atom. The lowest BCUT2D eigenvalue weighted by atomic mass is 10.1. The maximum atomic E-state index is 12.0. The number of halogens is 1. The highest BCUT2D eigenvalue weighted by Crippen LogP contribution is 2.35. The molecule has 0 bridgehead atoms. The van der Waals surface area contributed by atoms with Crippen LogP contribution in [0.15, 0.2) is 30.9 Å². The Labute approximate surface area is 127 Å². The molecule has 6 nitrogen and oxygen atoms in total. The summed E-state index contributed by atoms with van der Waals surface area (Å²) in [6, 6.07) is 4.83. The third-order valence-corrected chi connectivity index (χ3v) is 3.10. The van der Waals surface area contributed by atoms with E-state index in [4.69, 9.17) is 21.1 Å². The summed E-state index contributed by atoms with van der Waals surface area (Å²) in [7, 11) is 0. The van der Waals surface area contributed by atoms with Crippen LogP contribution in [0.5, 0.6) is 5.75 Å². The Balaban J connectivity index is 2.38. The van der Waals surface area contributed by atoms with E-state index in [2.05, 4.69) is 11.9 Å². The fourth-order valence-corrected chi connectivity index (χ4v) is 2.19. The lowest BCUT2D eigenvalue weighted by molar-refractivity contribution is 0.0993. The molecule has 2 amide bonds. The predicted octanol–water partition coefficient (Wildman–Crippen LogP) is 3.09. The zero-order valence-electron chi connectivity index (χ0n) is 11.5. The van der Waals surface area contributed by atoms with Crippen molar-refractivity contribution in [1.29, 1.82) is 0 Å². The van der Waals surface area contributed by atoms with E-state index in [0.29, 0.717) is 16.3 Å². The second-order valence-electron chi connectivity index (χ2n) is 4.26. The molecule has 0 saturated carbocycles. The van der Waals surface area contributed by atoms with E-state index in [1.54, 1.807) is 25.1 Å². The minimum atomic E-state index is -0.725. The van der Waals surface area contributed by atoms with Gasteiger partial charge < -0.3 is 9.47 Å².